The zero-order chi connectivity index (χ0) is 10.0. The van der Waals surface area contributed by atoms with Gasteiger partial charge in [0.25, 0.3) is 0 Å². The molecule has 0 aromatic heterocycles. The third-order valence-electron chi connectivity index (χ3n) is 1.70. The molecular weight excluding hydrogens is 192 g/mol. The number of carbonyl (C=O) groups is 2. The summed E-state index contributed by atoms with van der Waals surface area (Å²) in [7, 11) is 0. The summed E-state index contributed by atoms with van der Waals surface area (Å²) in [5.74, 6) is -1.05. The Hall–Kier alpha value is -1.35. The molecule has 0 aliphatic heterocycles. The van der Waals surface area contributed by atoms with E-state index in [2.05, 4.69) is 0 Å². The topological polar surface area (TPSA) is 54.4 Å². The first-order chi connectivity index (χ1) is 6.06. The molecule has 68 valence electrons. The van der Waals surface area contributed by atoms with Crippen molar-refractivity contribution in [2.45, 2.75) is 6.92 Å². The average Bonchev–Trinajstić information content (AvgIpc) is 2.03. The van der Waals surface area contributed by atoms with Crippen LogP contribution in [0, 0.1) is 6.92 Å². The zero-order valence-electron chi connectivity index (χ0n) is 6.87. The van der Waals surface area contributed by atoms with Crippen molar-refractivity contribution < 1.29 is 14.7 Å². The molecule has 0 saturated carbocycles. The molecule has 13 heavy (non-hydrogen) atoms. The van der Waals surface area contributed by atoms with Crippen molar-refractivity contribution in [2.75, 3.05) is 0 Å². The van der Waals surface area contributed by atoms with Crippen LogP contribution in [0.4, 0.5) is 0 Å². The smallest absolute Gasteiger partial charge is 0.335 e. The van der Waals surface area contributed by atoms with E-state index in [1.807, 2.05) is 0 Å². The Kier molecular flexibility index (Phi) is 2.68. The lowest BCUT2D eigenvalue weighted by Gasteiger charge is -2.02. The van der Waals surface area contributed by atoms with Gasteiger partial charge in [-0.05, 0) is 24.6 Å². The SMILES string of the molecule is Cc1cc(C(=O)O)cc(Cl)c1C=O. The highest BCUT2D eigenvalue weighted by Crippen LogP contribution is 2.20. The van der Waals surface area contributed by atoms with Crippen LogP contribution in [0.2, 0.25) is 5.02 Å². The van der Waals surface area contributed by atoms with Gasteiger partial charge >= 0.3 is 5.97 Å². The number of hydrogen-bond acceptors (Lipinski definition) is 2. The predicted octanol–water partition coefficient (Wildman–Crippen LogP) is 2.16. The Labute approximate surface area is 79.9 Å². The molecule has 0 fully saturated rings. The summed E-state index contributed by atoms with van der Waals surface area (Å²) >= 11 is 5.68. The first kappa shape index (κ1) is 9.74. The van der Waals surface area contributed by atoms with Crippen molar-refractivity contribution in [1.82, 2.24) is 0 Å². The molecule has 1 aromatic carbocycles. The molecule has 0 saturated heterocycles. The van der Waals surface area contributed by atoms with Gasteiger partial charge in [0.15, 0.2) is 6.29 Å². The minimum Gasteiger partial charge on any atom is -0.478 e. The first-order valence-electron chi connectivity index (χ1n) is 3.55. The number of benzene rings is 1. The van der Waals surface area contributed by atoms with Gasteiger partial charge in [0, 0.05) is 5.56 Å². The van der Waals surface area contributed by atoms with Crippen molar-refractivity contribution in [1.29, 1.82) is 0 Å². The van der Waals surface area contributed by atoms with Crippen molar-refractivity contribution in [3.63, 3.8) is 0 Å². The number of carboxylic acids is 1. The second-order valence-corrected chi connectivity index (χ2v) is 3.02. The number of carbonyl (C=O) groups excluding carboxylic acids is 1. The average molecular weight is 199 g/mol. The highest BCUT2D eigenvalue weighted by atomic mass is 35.5. The van der Waals surface area contributed by atoms with Crippen LogP contribution >= 0.6 is 11.6 Å². The third kappa shape index (κ3) is 1.87. The van der Waals surface area contributed by atoms with Crippen LogP contribution < -0.4 is 0 Å². The number of aldehydes is 1. The van der Waals surface area contributed by atoms with Crippen LogP contribution in [0.1, 0.15) is 26.3 Å². The molecule has 1 rings (SSSR count). The number of aromatic carboxylic acids is 1. The minimum absolute atomic E-state index is 0.0908. The lowest BCUT2D eigenvalue weighted by molar-refractivity contribution is 0.0696. The number of carboxylic acid groups (broad SMARTS) is 1. The molecule has 0 bridgehead atoms. The van der Waals surface area contributed by atoms with Gasteiger partial charge in [-0.15, -0.1) is 0 Å². The summed E-state index contributed by atoms with van der Waals surface area (Å²) in [6.45, 7) is 1.64. The van der Waals surface area contributed by atoms with Crippen molar-refractivity contribution in [3.05, 3.63) is 33.8 Å². The molecule has 0 atom stereocenters. The number of hydrogen-bond donors (Lipinski definition) is 1. The van der Waals surface area contributed by atoms with Crippen molar-refractivity contribution in [3.8, 4) is 0 Å². The normalized spacial score (nSPS) is 9.69. The molecular formula is C9H7ClO3. The van der Waals surface area contributed by atoms with Gasteiger partial charge in [-0.3, -0.25) is 4.79 Å². The summed E-state index contributed by atoms with van der Waals surface area (Å²) < 4.78 is 0. The summed E-state index contributed by atoms with van der Waals surface area (Å²) in [6, 6.07) is 2.68. The number of halogens is 1. The quantitative estimate of drug-likeness (QED) is 0.741. The molecule has 1 aromatic rings. The van der Waals surface area contributed by atoms with Crippen LogP contribution in [0.3, 0.4) is 0 Å². The van der Waals surface area contributed by atoms with E-state index < -0.39 is 5.97 Å². The van der Waals surface area contributed by atoms with Gasteiger partial charge < -0.3 is 5.11 Å². The Balaban J connectivity index is 3.36. The highest BCUT2D eigenvalue weighted by Gasteiger charge is 2.09. The van der Waals surface area contributed by atoms with E-state index in [1.54, 1.807) is 6.92 Å². The molecule has 0 heterocycles. The van der Waals surface area contributed by atoms with Crippen LogP contribution in [0.15, 0.2) is 12.1 Å². The highest BCUT2D eigenvalue weighted by molar-refractivity contribution is 6.33. The van der Waals surface area contributed by atoms with E-state index in [4.69, 9.17) is 16.7 Å². The maximum atomic E-state index is 10.6. The summed E-state index contributed by atoms with van der Waals surface area (Å²) in [6.07, 6.45) is 0.614. The van der Waals surface area contributed by atoms with Gasteiger partial charge in [-0.2, -0.15) is 0 Å². The summed E-state index contributed by atoms with van der Waals surface area (Å²) in [5, 5.41) is 8.82. The van der Waals surface area contributed by atoms with Crippen LogP contribution in [-0.2, 0) is 0 Å². The summed E-state index contributed by atoms with van der Waals surface area (Å²) in [4.78, 5) is 21.1. The monoisotopic (exact) mass is 198 g/mol. The molecule has 0 aliphatic carbocycles. The molecule has 0 unspecified atom stereocenters. The Bertz CT molecular complexity index is 348. The van der Waals surface area contributed by atoms with Gasteiger partial charge in [0.05, 0.1) is 10.6 Å². The van der Waals surface area contributed by atoms with E-state index in [0.717, 1.165) is 0 Å². The van der Waals surface area contributed by atoms with Crippen molar-refractivity contribution >= 4 is 23.9 Å². The van der Waals surface area contributed by atoms with Crippen molar-refractivity contribution in [2.24, 2.45) is 0 Å². The Morgan fingerprint density at radius 2 is 2.15 bits per heavy atom. The largest absolute Gasteiger partial charge is 0.478 e. The van der Waals surface area contributed by atoms with E-state index >= 15 is 0 Å². The molecule has 0 spiro atoms. The standard InChI is InChI=1S/C9H7ClO3/c1-5-2-6(9(12)13)3-8(10)7(5)4-11/h2-4H,1H3,(H,12,13). The molecule has 4 heteroatoms. The molecule has 0 radical (unpaired) electrons. The summed E-state index contributed by atoms with van der Waals surface area (Å²) in [5.41, 5.74) is 1.000. The molecule has 3 nitrogen and oxygen atoms in total. The van der Waals surface area contributed by atoms with Crippen LogP contribution in [0.25, 0.3) is 0 Å². The fourth-order valence-electron chi connectivity index (χ4n) is 1.03. The van der Waals surface area contributed by atoms with Gasteiger partial charge in [-0.25, -0.2) is 4.79 Å². The van der Waals surface area contributed by atoms with Crippen LogP contribution in [-0.4, -0.2) is 17.4 Å². The van der Waals surface area contributed by atoms with Gasteiger partial charge in [-0.1, -0.05) is 11.6 Å². The Morgan fingerprint density at radius 1 is 1.54 bits per heavy atom. The Morgan fingerprint density at radius 3 is 2.54 bits per heavy atom. The number of rotatable bonds is 2. The molecule has 1 N–H and O–H groups in total. The second-order valence-electron chi connectivity index (χ2n) is 2.61. The fraction of sp³-hybridized carbons (Fsp3) is 0.111. The molecule has 0 amide bonds. The van der Waals surface area contributed by atoms with E-state index in [1.165, 1.54) is 12.1 Å². The minimum atomic E-state index is -1.05. The lowest BCUT2D eigenvalue weighted by atomic mass is 10.1. The fourth-order valence-corrected chi connectivity index (χ4v) is 1.34. The zero-order valence-corrected chi connectivity index (χ0v) is 7.63. The predicted molar refractivity (Wildman–Crippen MR) is 48.5 cm³/mol. The van der Waals surface area contributed by atoms with Gasteiger partial charge in [0.2, 0.25) is 0 Å². The second kappa shape index (κ2) is 3.58. The van der Waals surface area contributed by atoms with E-state index in [9.17, 15) is 9.59 Å². The third-order valence-corrected chi connectivity index (χ3v) is 2.01. The first-order valence-corrected chi connectivity index (χ1v) is 3.92. The van der Waals surface area contributed by atoms with Crippen LogP contribution in [0.5, 0.6) is 0 Å². The lowest BCUT2D eigenvalue weighted by Crippen LogP contribution is -1.99. The van der Waals surface area contributed by atoms with E-state index in [-0.39, 0.29) is 10.6 Å². The molecule has 0 aliphatic rings. The number of aryl methyl sites for hydroxylation is 1. The van der Waals surface area contributed by atoms with E-state index in [0.29, 0.717) is 17.4 Å². The van der Waals surface area contributed by atoms with Gasteiger partial charge in [0.1, 0.15) is 0 Å². The maximum Gasteiger partial charge on any atom is 0.335 e. The maximum absolute atomic E-state index is 10.6.